The highest BCUT2D eigenvalue weighted by Gasteiger charge is 2.14. The van der Waals surface area contributed by atoms with Crippen LogP contribution in [0.25, 0.3) is 0 Å². The summed E-state index contributed by atoms with van der Waals surface area (Å²) in [6, 6.07) is 8.71. The van der Waals surface area contributed by atoms with E-state index in [0.29, 0.717) is 31.9 Å². The fraction of sp³-hybridized carbons (Fsp3) is 0.667. The quantitative estimate of drug-likeness (QED) is 0.138. The summed E-state index contributed by atoms with van der Waals surface area (Å²) >= 11 is 0. The zero-order valence-electron chi connectivity index (χ0n) is 18.6. The van der Waals surface area contributed by atoms with Gasteiger partial charge >= 0.3 is 0 Å². The van der Waals surface area contributed by atoms with E-state index in [2.05, 4.69) is 0 Å². The van der Waals surface area contributed by atoms with Gasteiger partial charge in [0.15, 0.2) is 0 Å². The second-order valence-corrected chi connectivity index (χ2v) is 6.68. The summed E-state index contributed by atoms with van der Waals surface area (Å²) in [7, 11) is 0. The molecule has 1 aromatic rings. The van der Waals surface area contributed by atoms with Crippen molar-refractivity contribution in [1.82, 2.24) is 9.80 Å². The van der Waals surface area contributed by atoms with Gasteiger partial charge in [-0.1, -0.05) is 18.2 Å². The van der Waals surface area contributed by atoms with Crippen molar-refractivity contribution in [2.45, 2.75) is 12.2 Å². The first-order chi connectivity index (χ1) is 15.5. The molecule has 0 heterocycles. The molecule has 1 aromatic carbocycles. The summed E-state index contributed by atoms with van der Waals surface area (Å²) in [5.74, 6) is 0.322. The molecule has 0 spiro atoms. The van der Waals surface area contributed by atoms with Gasteiger partial charge in [-0.05, 0) is 12.1 Å². The summed E-state index contributed by atoms with van der Waals surface area (Å²) < 4.78 is 5.27. The van der Waals surface area contributed by atoms with E-state index < -0.39 is 12.2 Å². The maximum Gasteiger partial charge on any atom is 0.115 e. The number of phenolic OH excluding ortho intramolecular Hbond substituents is 1. The van der Waals surface area contributed by atoms with Crippen molar-refractivity contribution in [3.63, 3.8) is 0 Å². The number of aromatic hydroxyl groups is 1. The number of phenols is 1. The van der Waals surface area contributed by atoms with E-state index in [1.807, 2.05) is 12.9 Å². The van der Waals surface area contributed by atoms with Gasteiger partial charge in [0.2, 0.25) is 0 Å². The lowest BCUT2D eigenvalue weighted by Gasteiger charge is -2.25. The third kappa shape index (κ3) is 20.2. The minimum atomic E-state index is -0.786. The third-order valence-corrected chi connectivity index (χ3v) is 3.98. The molecule has 0 saturated carbocycles. The summed E-state index contributed by atoms with van der Waals surface area (Å²) in [5.41, 5.74) is 0. The summed E-state index contributed by atoms with van der Waals surface area (Å²) in [5, 5.41) is 63.9. The van der Waals surface area contributed by atoms with Gasteiger partial charge in [-0.15, -0.1) is 0 Å². The Labute approximate surface area is 189 Å². The SMILES string of the molecule is C=O.OCCN(CCO)CC(O)COCC(O)CN(CCO)CCO.Oc1ccccc1. The molecular weight excluding hydrogens is 424 g/mol. The summed E-state index contributed by atoms with van der Waals surface area (Å²) in [6.07, 6.45) is -1.57. The predicted molar refractivity (Wildman–Crippen MR) is 119 cm³/mol. The normalized spacial score (nSPS) is 12.5. The highest BCUT2D eigenvalue weighted by molar-refractivity contribution is 5.18. The van der Waals surface area contributed by atoms with Crippen molar-refractivity contribution < 1.29 is 45.3 Å². The highest BCUT2D eigenvalue weighted by Crippen LogP contribution is 2.02. The van der Waals surface area contributed by atoms with Crippen LogP contribution in [0, 0.1) is 0 Å². The fourth-order valence-corrected chi connectivity index (χ4v) is 2.62. The number of carbonyl (C=O) groups excluding carboxylic acids is 1. The minimum Gasteiger partial charge on any atom is -0.508 e. The van der Waals surface area contributed by atoms with Crippen LogP contribution in [-0.4, -0.2) is 143 Å². The molecule has 11 heteroatoms. The van der Waals surface area contributed by atoms with Gasteiger partial charge in [-0.3, -0.25) is 9.80 Å². The Morgan fingerprint density at radius 1 is 0.719 bits per heavy atom. The Hall–Kier alpha value is -1.67. The lowest BCUT2D eigenvalue weighted by molar-refractivity contribution is -0.0980. The Morgan fingerprint density at radius 3 is 1.31 bits per heavy atom. The highest BCUT2D eigenvalue weighted by atomic mass is 16.5. The number of ether oxygens (including phenoxy) is 1. The Kier molecular flexibility index (Phi) is 24.4. The van der Waals surface area contributed by atoms with Crippen molar-refractivity contribution in [2.24, 2.45) is 0 Å². The molecule has 0 radical (unpaired) electrons. The van der Waals surface area contributed by atoms with Crippen molar-refractivity contribution in [1.29, 1.82) is 0 Å². The summed E-state index contributed by atoms with van der Waals surface area (Å²) in [6.45, 7) is 3.79. The van der Waals surface area contributed by atoms with Crippen molar-refractivity contribution in [2.75, 3.05) is 78.9 Å². The second kappa shape index (κ2) is 24.0. The molecule has 2 atom stereocenters. The first-order valence-corrected chi connectivity index (χ1v) is 10.3. The molecule has 188 valence electrons. The van der Waals surface area contributed by atoms with Crippen LogP contribution in [0.5, 0.6) is 5.75 Å². The van der Waals surface area contributed by atoms with E-state index in [0.717, 1.165) is 0 Å². The van der Waals surface area contributed by atoms with E-state index in [1.54, 1.807) is 34.1 Å². The molecule has 11 nitrogen and oxygen atoms in total. The molecule has 1 rings (SSSR count). The lowest BCUT2D eigenvalue weighted by atomic mass is 10.3. The molecule has 2 unspecified atom stereocenters. The Balaban J connectivity index is 0. The molecule has 0 aromatic heterocycles. The topological polar surface area (TPSA) is 174 Å². The smallest absolute Gasteiger partial charge is 0.115 e. The lowest BCUT2D eigenvalue weighted by Crippen LogP contribution is -2.40. The molecule has 7 N–H and O–H groups in total. The van der Waals surface area contributed by atoms with E-state index in [-0.39, 0.29) is 52.7 Å². The number of hydrogen-bond donors (Lipinski definition) is 7. The van der Waals surface area contributed by atoms with Gasteiger partial charge in [-0.2, -0.15) is 0 Å². The first-order valence-electron chi connectivity index (χ1n) is 10.3. The molecule has 32 heavy (non-hydrogen) atoms. The van der Waals surface area contributed by atoms with E-state index in [1.165, 1.54) is 0 Å². The molecular formula is C21H40N2O9. The number of aliphatic hydroxyl groups is 6. The van der Waals surface area contributed by atoms with Crippen LogP contribution in [0.2, 0.25) is 0 Å². The predicted octanol–water partition coefficient (Wildman–Crippen LogP) is -2.49. The van der Waals surface area contributed by atoms with Crippen LogP contribution < -0.4 is 0 Å². The molecule has 0 amide bonds. The number of hydrogen-bond acceptors (Lipinski definition) is 11. The average Bonchev–Trinajstić information content (AvgIpc) is 2.77. The Morgan fingerprint density at radius 2 is 1.06 bits per heavy atom. The first kappa shape index (κ1) is 32.5. The zero-order valence-corrected chi connectivity index (χ0v) is 18.6. The van der Waals surface area contributed by atoms with Gasteiger partial charge < -0.3 is 45.3 Å². The maximum atomic E-state index is 9.85. The number of rotatable bonds is 16. The largest absolute Gasteiger partial charge is 0.508 e. The monoisotopic (exact) mass is 464 g/mol. The molecule has 0 aliphatic rings. The molecule has 0 saturated heterocycles. The van der Waals surface area contributed by atoms with Gasteiger partial charge in [-0.25, -0.2) is 0 Å². The molecule has 0 fully saturated rings. The van der Waals surface area contributed by atoms with Crippen LogP contribution in [0.1, 0.15) is 0 Å². The maximum absolute atomic E-state index is 9.85. The van der Waals surface area contributed by atoms with Gasteiger partial charge in [0.05, 0.1) is 51.8 Å². The van der Waals surface area contributed by atoms with Crippen LogP contribution >= 0.6 is 0 Å². The number of para-hydroxylation sites is 1. The Bertz CT molecular complexity index is 463. The zero-order chi connectivity index (χ0) is 24.6. The van der Waals surface area contributed by atoms with Crippen molar-refractivity contribution in [3.8, 4) is 5.75 Å². The average molecular weight is 465 g/mol. The molecule has 0 aliphatic heterocycles. The van der Waals surface area contributed by atoms with Crippen LogP contribution in [-0.2, 0) is 9.53 Å². The van der Waals surface area contributed by atoms with Crippen LogP contribution in [0.15, 0.2) is 30.3 Å². The second-order valence-electron chi connectivity index (χ2n) is 6.68. The van der Waals surface area contributed by atoms with Crippen molar-refractivity contribution >= 4 is 6.79 Å². The number of aliphatic hydroxyl groups excluding tert-OH is 6. The molecule has 0 aliphatic carbocycles. The fourth-order valence-electron chi connectivity index (χ4n) is 2.62. The van der Waals surface area contributed by atoms with E-state index in [4.69, 9.17) is 35.1 Å². The van der Waals surface area contributed by atoms with Crippen LogP contribution in [0.4, 0.5) is 0 Å². The van der Waals surface area contributed by atoms with Crippen molar-refractivity contribution in [3.05, 3.63) is 30.3 Å². The van der Waals surface area contributed by atoms with E-state index >= 15 is 0 Å². The number of carbonyl (C=O) groups is 1. The number of nitrogens with zero attached hydrogens (tertiary/aromatic N) is 2. The van der Waals surface area contributed by atoms with Crippen LogP contribution in [0.3, 0.4) is 0 Å². The molecule has 0 bridgehead atoms. The van der Waals surface area contributed by atoms with Gasteiger partial charge in [0.1, 0.15) is 12.5 Å². The summed E-state index contributed by atoms with van der Waals surface area (Å²) in [4.78, 5) is 11.4. The van der Waals surface area contributed by atoms with Gasteiger partial charge in [0, 0.05) is 39.3 Å². The minimum absolute atomic E-state index is 0.0322. The van der Waals surface area contributed by atoms with Gasteiger partial charge in [0.25, 0.3) is 0 Å². The third-order valence-electron chi connectivity index (χ3n) is 3.98. The number of benzene rings is 1. The standard InChI is InChI=1S/C14H32N2O7.C6H6O.CH2O/c17-5-1-15(2-6-18)9-13(21)11-23-12-14(22)10-16(3-7-19)4-8-20;7-6-4-2-1-3-5-6;1-2/h13-14,17-22H,1-12H2;1-5,7H;1H2. The van der Waals surface area contributed by atoms with E-state index in [9.17, 15) is 10.2 Å².